The molecule has 0 nitrogen and oxygen atoms in total. The average molecular weight is 206 g/mol. The first-order valence-corrected chi connectivity index (χ1v) is 6.96. The van der Waals surface area contributed by atoms with Gasteiger partial charge in [-0.1, -0.05) is 34.1 Å². The summed E-state index contributed by atoms with van der Waals surface area (Å²) in [6.45, 7) is 10.3. The molecule has 3 aliphatic carbocycles. The van der Waals surface area contributed by atoms with Crippen LogP contribution in [0.3, 0.4) is 0 Å². The highest BCUT2D eigenvalue weighted by molar-refractivity contribution is 5.20. The van der Waals surface area contributed by atoms with Crippen LogP contribution in [0.2, 0.25) is 0 Å². The van der Waals surface area contributed by atoms with Gasteiger partial charge in [0, 0.05) is 0 Å². The summed E-state index contributed by atoms with van der Waals surface area (Å²) in [7, 11) is 0. The highest BCUT2D eigenvalue weighted by Crippen LogP contribution is 2.79. The predicted octanol–water partition coefficient (Wildman–Crippen LogP) is 4.64. The molecule has 3 aliphatic rings. The van der Waals surface area contributed by atoms with Crippen molar-refractivity contribution in [2.45, 2.75) is 66.2 Å². The van der Waals surface area contributed by atoms with Gasteiger partial charge in [0.25, 0.3) is 0 Å². The maximum absolute atomic E-state index is 2.62. The third-order valence-electron chi connectivity index (χ3n) is 7.18. The molecule has 15 heavy (non-hydrogen) atoms. The van der Waals surface area contributed by atoms with E-state index in [0.717, 1.165) is 17.3 Å². The van der Waals surface area contributed by atoms with Crippen LogP contribution in [0.25, 0.3) is 0 Å². The number of hydrogen-bond donors (Lipinski definition) is 0. The van der Waals surface area contributed by atoms with E-state index in [2.05, 4.69) is 27.7 Å². The summed E-state index contributed by atoms with van der Waals surface area (Å²) in [5, 5.41) is 0. The standard InChI is InChI=1S/C15H26/c1-11-6-9-14(4)12(2)10-13(3)7-5-8-15(11,13)14/h11-12H,5-10H2,1-4H3. The van der Waals surface area contributed by atoms with Crippen molar-refractivity contribution in [2.24, 2.45) is 28.1 Å². The fourth-order valence-corrected chi connectivity index (χ4v) is 6.52. The van der Waals surface area contributed by atoms with Crippen LogP contribution in [0.4, 0.5) is 0 Å². The molecule has 0 N–H and O–H groups in total. The molecule has 0 radical (unpaired) electrons. The fourth-order valence-electron chi connectivity index (χ4n) is 6.52. The van der Waals surface area contributed by atoms with Gasteiger partial charge in [-0.3, -0.25) is 0 Å². The first kappa shape index (κ1) is 10.2. The Morgan fingerprint density at radius 3 is 2.40 bits per heavy atom. The van der Waals surface area contributed by atoms with E-state index >= 15 is 0 Å². The highest BCUT2D eigenvalue weighted by atomic mass is 14.8. The number of hydrogen-bond acceptors (Lipinski definition) is 0. The lowest BCUT2D eigenvalue weighted by Gasteiger charge is -2.47. The summed E-state index contributed by atoms with van der Waals surface area (Å²) in [4.78, 5) is 0. The van der Waals surface area contributed by atoms with Gasteiger partial charge >= 0.3 is 0 Å². The van der Waals surface area contributed by atoms with Crippen molar-refractivity contribution in [2.75, 3.05) is 0 Å². The molecule has 1 spiro atoms. The first-order valence-electron chi connectivity index (χ1n) is 6.96. The zero-order valence-corrected chi connectivity index (χ0v) is 10.9. The maximum Gasteiger partial charge on any atom is -0.0161 e. The van der Waals surface area contributed by atoms with Crippen LogP contribution in [0, 0.1) is 28.1 Å². The molecule has 5 unspecified atom stereocenters. The smallest absolute Gasteiger partial charge is 0.0161 e. The molecule has 5 atom stereocenters. The average Bonchev–Trinajstić information content (AvgIpc) is 2.67. The molecular formula is C15H26. The summed E-state index contributed by atoms with van der Waals surface area (Å²) in [5.74, 6) is 1.95. The number of rotatable bonds is 0. The van der Waals surface area contributed by atoms with E-state index in [1.807, 2.05) is 0 Å². The molecule has 0 heterocycles. The minimum absolute atomic E-state index is 0.678. The first-order chi connectivity index (χ1) is 6.96. The lowest BCUT2D eigenvalue weighted by Crippen LogP contribution is -2.42. The van der Waals surface area contributed by atoms with Gasteiger partial charge in [-0.2, -0.15) is 0 Å². The van der Waals surface area contributed by atoms with Crippen molar-refractivity contribution in [3.63, 3.8) is 0 Å². The molecule has 0 aromatic carbocycles. The van der Waals surface area contributed by atoms with Crippen molar-refractivity contribution in [3.8, 4) is 0 Å². The topological polar surface area (TPSA) is 0 Å². The maximum atomic E-state index is 2.62. The molecule has 0 heteroatoms. The second kappa shape index (κ2) is 2.63. The largest absolute Gasteiger partial charge is 0.0619 e. The molecule has 0 saturated heterocycles. The highest BCUT2D eigenvalue weighted by Gasteiger charge is 2.71. The van der Waals surface area contributed by atoms with Crippen molar-refractivity contribution >= 4 is 0 Å². The predicted molar refractivity (Wildman–Crippen MR) is 64.7 cm³/mol. The van der Waals surface area contributed by atoms with Gasteiger partial charge in [0.15, 0.2) is 0 Å². The van der Waals surface area contributed by atoms with E-state index in [1.54, 1.807) is 0 Å². The molecule has 3 rings (SSSR count). The van der Waals surface area contributed by atoms with Crippen molar-refractivity contribution in [1.29, 1.82) is 0 Å². The lowest BCUT2D eigenvalue weighted by atomic mass is 9.57. The minimum Gasteiger partial charge on any atom is -0.0619 e. The Balaban J connectivity index is 2.17. The van der Waals surface area contributed by atoms with Gasteiger partial charge in [-0.05, 0) is 60.2 Å². The Hall–Kier alpha value is 0. The minimum atomic E-state index is 0.678. The molecule has 0 aromatic rings. The SMILES string of the molecule is CC1CC2(C)CCCC23C(C)CCC13C. The Kier molecular flexibility index (Phi) is 1.78. The van der Waals surface area contributed by atoms with Crippen LogP contribution in [0.15, 0.2) is 0 Å². The Morgan fingerprint density at radius 1 is 0.933 bits per heavy atom. The van der Waals surface area contributed by atoms with E-state index in [-0.39, 0.29) is 0 Å². The Bertz CT molecular complexity index is 294. The molecule has 0 aliphatic heterocycles. The molecule has 3 fully saturated rings. The van der Waals surface area contributed by atoms with Crippen molar-refractivity contribution in [3.05, 3.63) is 0 Å². The van der Waals surface area contributed by atoms with Crippen LogP contribution < -0.4 is 0 Å². The molecular weight excluding hydrogens is 180 g/mol. The molecule has 86 valence electrons. The third-order valence-corrected chi connectivity index (χ3v) is 7.18. The van der Waals surface area contributed by atoms with Crippen LogP contribution in [-0.2, 0) is 0 Å². The van der Waals surface area contributed by atoms with Gasteiger partial charge in [-0.15, -0.1) is 0 Å². The second-order valence-electron chi connectivity index (χ2n) is 7.35. The Morgan fingerprint density at radius 2 is 1.67 bits per heavy atom. The zero-order chi connectivity index (χ0) is 10.9. The van der Waals surface area contributed by atoms with Gasteiger partial charge in [0.1, 0.15) is 0 Å². The van der Waals surface area contributed by atoms with Gasteiger partial charge in [0.2, 0.25) is 0 Å². The van der Waals surface area contributed by atoms with Crippen LogP contribution in [-0.4, -0.2) is 0 Å². The summed E-state index contributed by atoms with van der Waals surface area (Å²) < 4.78 is 0. The van der Waals surface area contributed by atoms with Gasteiger partial charge in [0.05, 0.1) is 0 Å². The zero-order valence-electron chi connectivity index (χ0n) is 10.9. The second-order valence-corrected chi connectivity index (χ2v) is 7.35. The normalized spacial score (nSPS) is 63.2. The summed E-state index contributed by atoms with van der Waals surface area (Å²) in [6.07, 6.45) is 9.06. The quantitative estimate of drug-likeness (QED) is 0.541. The summed E-state index contributed by atoms with van der Waals surface area (Å²) >= 11 is 0. The van der Waals surface area contributed by atoms with Crippen molar-refractivity contribution < 1.29 is 0 Å². The van der Waals surface area contributed by atoms with Gasteiger partial charge < -0.3 is 0 Å². The third kappa shape index (κ3) is 0.840. The van der Waals surface area contributed by atoms with Crippen LogP contribution in [0.1, 0.15) is 66.2 Å². The molecule has 0 aromatic heterocycles. The van der Waals surface area contributed by atoms with E-state index < -0.39 is 0 Å². The molecule has 0 bridgehead atoms. The van der Waals surface area contributed by atoms with Gasteiger partial charge in [-0.25, -0.2) is 0 Å². The van der Waals surface area contributed by atoms with E-state index in [0.29, 0.717) is 10.8 Å². The Labute approximate surface area is 94.8 Å². The molecule has 3 saturated carbocycles. The monoisotopic (exact) mass is 206 g/mol. The van der Waals surface area contributed by atoms with Crippen LogP contribution >= 0.6 is 0 Å². The van der Waals surface area contributed by atoms with E-state index in [4.69, 9.17) is 0 Å². The lowest BCUT2D eigenvalue weighted by molar-refractivity contribution is 0.00104. The summed E-state index contributed by atoms with van der Waals surface area (Å²) in [6, 6.07) is 0. The molecule has 0 amide bonds. The van der Waals surface area contributed by atoms with E-state index in [9.17, 15) is 0 Å². The van der Waals surface area contributed by atoms with Crippen molar-refractivity contribution in [1.82, 2.24) is 0 Å². The fraction of sp³-hybridized carbons (Fsp3) is 1.00. The summed E-state index contributed by atoms with van der Waals surface area (Å²) in [5.41, 5.74) is 2.09. The van der Waals surface area contributed by atoms with E-state index in [1.165, 1.54) is 38.5 Å². The van der Waals surface area contributed by atoms with Crippen LogP contribution in [0.5, 0.6) is 0 Å².